The highest BCUT2D eigenvalue weighted by molar-refractivity contribution is 7.47. The van der Waals surface area contributed by atoms with Crippen LogP contribution in [0.15, 0.2) is 36.4 Å². The van der Waals surface area contributed by atoms with E-state index in [1.807, 2.05) is 29.7 Å². The van der Waals surface area contributed by atoms with E-state index in [2.05, 4.69) is 10.3 Å². The molecule has 0 unspecified atom stereocenters. The topological polar surface area (TPSA) is 229 Å². The third-order valence-corrected chi connectivity index (χ3v) is 7.75. The molecule has 0 aliphatic heterocycles. The molecule has 244 valence electrons. The molecule has 0 saturated heterocycles. The first-order valence-corrected chi connectivity index (χ1v) is 17.5. The minimum Gasteiger partial charge on any atom is -0.404 e. The average molecular weight is 686 g/mol. The van der Waals surface area contributed by atoms with Gasteiger partial charge in [0.15, 0.2) is 5.82 Å². The number of phosphoric acid groups is 2. The van der Waals surface area contributed by atoms with Gasteiger partial charge in [0.1, 0.15) is 28.7 Å². The zero-order valence-electron chi connectivity index (χ0n) is 24.3. The summed E-state index contributed by atoms with van der Waals surface area (Å²) in [6, 6.07) is 9.19. The smallest absolute Gasteiger partial charge is 0.404 e. The van der Waals surface area contributed by atoms with Gasteiger partial charge in [-0.05, 0) is 48.7 Å². The number of aryl methyl sites for hydroxylation is 1. The van der Waals surface area contributed by atoms with E-state index >= 15 is 0 Å². The highest BCUT2D eigenvalue weighted by Gasteiger charge is 2.24. The van der Waals surface area contributed by atoms with E-state index in [4.69, 9.17) is 36.1 Å². The third-order valence-electron chi connectivity index (χ3n) is 6.63. The van der Waals surface area contributed by atoms with E-state index in [-0.39, 0.29) is 41.2 Å². The van der Waals surface area contributed by atoms with Gasteiger partial charge in [-0.3, -0.25) is 24.4 Å². The molecule has 0 aliphatic rings. The minimum atomic E-state index is -5.00. The molecular weight excluding hydrogens is 652 g/mol. The molecule has 45 heavy (non-hydrogen) atoms. The van der Waals surface area contributed by atoms with E-state index in [9.17, 15) is 33.5 Å². The number of aromatic nitrogens is 3. The van der Waals surface area contributed by atoms with Crippen molar-refractivity contribution in [2.45, 2.75) is 39.2 Å². The summed E-state index contributed by atoms with van der Waals surface area (Å²) in [5.41, 5.74) is 9.06. The second kappa shape index (κ2) is 14.9. The summed E-state index contributed by atoms with van der Waals surface area (Å²) in [6.45, 7) is 2.98. The van der Waals surface area contributed by atoms with Crippen LogP contribution in [0.25, 0.3) is 21.9 Å². The number of carbonyl (C=O) groups is 1. The standard InChI is InChI=1S/C27H34ClN5O10P2/c1-2-3-4-23-32-25-26(33(23)16-18-14-19(42-44(35,36)37)6-8-22(18)43-45(38,39)40)20-13-17(5-7-21(20)31-27(25)29)9-11-41-12-10-30-24(34)15-28/h5-8,13-14H,2-4,9-12,15-16H2,1H3,(H2,29,31)(H,30,34)(H2,35,36,37)(H2,38,39,40). The number of imidazole rings is 1. The summed E-state index contributed by atoms with van der Waals surface area (Å²) in [7, 11) is -9.94. The monoisotopic (exact) mass is 685 g/mol. The first-order valence-electron chi connectivity index (χ1n) is 13.9. The maximum atomic E-state index is 11.8. The number of nitrogens with two attached hydrogens (primary N) is 1. The van der Waals surface area contributed by atoms with Gasteiger partial charge in [0, 0.05) is 23.9 Å². The molecule has 2 heterocycles. The minimum absolute atomic E-state index is 0.0663. The third kappa shape index (κ3) is 9.62. The van der Waals surface area contributed by atoms with Crippen LogP contribution >= 0.6 is 27.2 Å². The predicted molar refractivity (Wildman–Crippen MR) is 167 cm³/mol. The Morgan fingerprint density at radius 2 is 1.78 bits per heavy atom. The van der Waals surface area contributed by atoms with Crippen molar-refractivity contribution >= 4 is 60.9 Å². The number of unbranched alkanes of at least 4 members (excludes halogenated alkanes) is 1. The van der Waals surface area contributed by atoms with Gasteiger partial charge in [-0.15, -0.1) is 11.6 Å². The number of halogens is 1. The first kappa shape index (κ1) is 34.6. The van der Waals surface area contributed by atoms with Crippen molar-refractivity contribution < 1.29 is 47.3 Å². The van der Waals surface area contributed by atoms with Crippen molar-refractivity contribution in [2.75, 3.05) is 31.4 Å². The van der Waals surface area contributed by atoms with Crippen LogP contribution in [0.3, 0.4) is 0 Å². The Morgan fingerprint density at radius 1 is 1.02 bits per heavy atom. The lowest BCUT2D eigenvalue weighted by molar-refractivity contribution is -0.118. The number of amides is 1. The van der Waals surface area contributed by atoms with Crippen LogP contribution in [0.1, 0.15) is 36.7 Å². The Hall–Kier alpha value is -3.26. The van der Waals surface area contributed by atoms with Crippen molar-refractivity contribution in [2.24, 2.45) is 0 Å². The van der Waals surface area contributed by atoms with Crippen LogP contribution in [-0.4, -0.2) is 65.7 Å². The van der Waals surface area contributed by atoms with Gasteiger partial charge < -0.3 is 29.4 Å². The van der Waals surface area contributed by atoms with Gasteiger partial charge in [0.05, 0.1) is 30.8 Å². The lowest BCUT2D eigenvalue weighted by Gasteiger charge is -2.17. The number of nitrogens with one attached hydrogen (secondary N) is 1. The molecule has 2 aromatic heterocycles. The zero-order chi connectivity index (χ0) is 32.8. The molecule has 2 aromatic carbocycles. The van der Waals surface area contributed by atoms with Gasteiger partial charge in [0.2, 0.25) is 5.91 Å². The number of anilines is 1. The summed E-state index contributed by atoms with van der Waals surface area (Å²) in [5, 5.41) is 3.34. The molecule has 0 bridgehead atoms. The van der Waals surface area contributed by atoms with Crippen LogP contribution in [0.4, 0.5) is 5.82 Å². The number of fused-ring (bicyclic) bond motifs is 3. The molecule has 4 aromatic rings. The van der Waals surface area contributed by atoms with Crippen molar-refractivity contribution in [3.63, 3.8) is 0 Å². The average Bonchev–Trinajstić information content (AvgIpc) is 3.32. The lowest BCUT2D eigenvalue weighted by Crippen LogP contribution is -2.28. The van der Waals surface area contributed by atoms with Crippen molar-refractivity contribution in [1.82, 2.24) is 19.9 Å². The number of benzene rings is 2. The highest BCUT2D eigenvalue weighted by Crippen LogP contribution is 2.43. The summed E-state index contributed by atoms with van der Waals surface area (Å²) >= 11 is 5.47. The Kier molecular flexibility index (Phi) is 11.5. The van der Waals surface area contributed by atoms with E-state index in [0.29, 0.717) is 60.4 Å². The van der Waals surface area contributed by atoms with Gasteiger partial charge in [-0.2, -0.15) is 0 Å². The SMILES string of the molecule is CCCCc1nc2c(N)nc3ccc(CCOCCNC(=O)CCl)cc3c2n1Cc1cc(OP(=O)(O)O)ccc1OP(=O)(O)O. The number of nitrogens with zero attached hydrogens (tertiary/aromatic N) is 3. The summed E-state index contributed by atoms with van der Waals surface area (Å²) in [4.78, 5) is 58.3. The van der Waals surface area contributed by atoms with Crippen molar-refractivity contribution in [1.29, 1.82) is 0 Å². The molecule has 0 fully saturated rings. The Balaban J connectivity index is 1.77. The van der Waals surface area contributed by atoms with Gasteiger partial charge >= 0.3 is 15.6 Å². The number of pyridine rings is 1. The number of hydrogen-bond donors (Lipinski definition) is 6. The first-order chi connectivity index (χ1) is 21.3. The molecule has 0 radical (unpaired) electrons. The number of alkyl halides is 1. The number of ether oxygens (including phenoxy) is 1. The second-order valence-corrected chi connectivity index (χ2v) is 12.6. The maximum absolute atomic E-state index is 11.8. The highest BCUT2D eigenvalue weighted by atomic mass is 35.5. The number of rotatable bonds is 16. The largest absolute Gasteiger partial charge is 0.524 e. The molecule has 0 saturated carbocycles. The molecule has 0 aliphatic carbocycles. The van der Waals surface area contributed by atoms with Crippen molar-refractivity contribution in [3.8, 4) is 11.5 Å². The van der Waals surface area contributed by atoms with E-state index < -0.39 is 15.6 Å². The molecule has 18 heteroatoms. The van der Waals surface area contributed by atoms with E-state index in [1.165, 1.54) is 6.07 Å². The van der Waals surface area contributed by atoms with Gasteiger partial charge in [-0.1, -0.05) is 19.4 Å². The van der Waals surface area contributed by atoms with E-state index in [0.717, 1.165) is 30.5 Å². The van der Waals surface area contributed by atoms with Crippen LogP contribution < -0.4 is 20.1 Å². The number of carbonyl (C=O) groups excluding carboxylic acids is 1. The molecule has 0 atom stereocenters. The van der Waals surface area contributed by atoms with Crippen LogP contribution in [-0.2, 0) is 38.0 Å². The second-order valence-electron chi connectivity index (χ2n) is 10.0. The molecule has 15 nitrogen and oxygen atoms in total. The van der Waals surface area contributed by atoms with Crippen molar-refractivity contribution in [3.05, 3.63) is 53.3 Å². The molecule has 1 amide bonds. The fraction of sp³-hybridized carbons (Fsp3) is 0.370. The molecule has 0 spiro atoms. The number of hydrogen-bond acceptors (Lipinski definition) is 9. The van der Waals surface area contributed by atoms with Gasteiger partial charge in [0.25, 0.3) is 0 Å². The Labute approximate surface area is 263 Å². The summed E-state index contributed by atoms with van der Waals surface area (Å²) in [6.07, 6.45) is 2.71. The Morgan fingerprint density at radius 3 is 2.47 bits per heavy atom. The van der Waals surface area contributed by atoms with Crippen LogP contribution in [0.2, 0.25) is 0 Å². The Bertz CT molecular complexity index is 1770. The van der Waals surface area contributed by atoms with Crippen LogP contribution in [0.5, 0.6) is 11.5 Å². The number of phosphoric ester groups is 2. The fourth-order valence-corrected chi connectivity index (χ4v) is 5.64. The normalized spacial score (nSPS) is 12.1. The fourth-order valence-electron chi connectivity index (χ4n) is 4.72. The quantitative estimate of drug-likeness (QED) is 0.0565. The summed E-state index contributed by atoms with van der Waals surface area (Å²) in [5.74, 6) is -0.0336. The van der Waals surface area contributed by atoms with E-state index in [1.54, 1.807) is 0 Å². The molecule has 7 N–H and O–H groups in total. The van der Waals surface area contributed by atoms with Crippen LogP contribution in [0, 0.1) is 0 Å². The lowest BCUT2D eigenvalue weighted by atomic mass is 10.1. The summed E-state index contributed by atoms with van der Waals surface area (Å²) < 4.78 is 40.4. The predicted octanol–water partition coefficient (Wildman–Crippen LogP) is 3.41. The van der Waals surface area contributed by atoms with Gasteiger partial charge in [-0.25, -0.2) is 19.1 Å². The number of nitrogen functional groups attached to an aromatic ring is 1. The molecular formula is C27H34ClN5O10P2. The maximum Gasteiger partial charge on any atom is 0.524 e. The zero-order valence-corrected chi connectivity index (χ0v) is 26.8. The molecule has 4 rings (SSSR count).